The summed E-state index contributed by atoms with van der Waals surface area (Å²) in [6.07, 6.45) is -0.589. The molecule has 0 radical (unpaired) electrons. The van der Waals surface area contributed by atoms with Crippen molar-refractivity contribution >= 4 is 12.1 Å². The number of methoxy groups -OCH3 is 1. The Bertz CT molecular complexity index is 349. The maximum absolute atomic E-state index is 11.7. The summed E-state index contributed by atoms with van der Waals surface area (Å²) in [4.78, 5) is 23.1. The van der Waals surface area contributed by atoms with Crippen LogP contribution in [0, 0.1) is 17.8 Å². The molecule has 6 heteroatoms. The molecule has 0 aromatic heterocycles. The number of aliphatic hydroxyl groups is 1. The van der Waals surface area contributed by atoms with E-state index in [1.807, 2.05) is 6.92 Å². The maximum Gasteiger partial charge on any atom is 0.407 e. The molecule has 2 N–H and O–H groups in total. The molecule has 4 atom stereocenters. The van der Waals surface area contributed by atoms with E-state index in [0.29, 0.717) is 0 Å². The lowest BCUT2D eigenvalue weighted by molar-refractivity contribution is -0.142. The second kappa shape index (κ2) is 5.77. The molecule has 1 amide bonds. The number of hydrogen-bond donors (Lipinski definition) is 2. The summed E-state index contributed by atoms with van der Waals surface area (Å²) in [5.41, 5.74) is -0.596. The Morgan fingerprint density at radius 2 is 1.95 bits per heavy atom. The molecule has 0 saturated heterocycles. The van der Waals surface area contributed by atoms with Crippen molar-refractivity contribution in [2.45, 2.75) is 39.3 Å². The number of nitrogens with one attached hydrogen (secondary N) is 1. The fraction of sp³-hybridized carbons (Fsp3) is 0.846. The first kappa shape index (κ1) is 15.8. The second-order valence-electron chi connectivity index (χ2n) is 5.92. The van der Waals surface area contributed by atoms with E-state index >= 15 is 0 Å². The van der Waals surface area contributed by atoms with Crippen molar-refractivity contribution in [3.05, 3.63) is 0 Å². The van der Waals surface area contributed by atoms with Gasteiger partial charge in [0.25, 0.3) is 0 Å². The molecule has 1 aliphatic rings. The van der Waals surface area contributed by atoms with Crippen LogP contribution >= 0.6 is 0 Å². The molecule has 0 bridgehead atoms. The van der Waals surface area contributed by atoms with Crippen molar-refractivity contribution < 1.29 is 24.2 Å². The number of rotatable bonds is 4. The van der Waals surface area contributed by atoms with Gasteiger partial charge in [-0.3, -0.25) is 4.79 Å². The highest BCUT2D eigenvalue weighted by molar-refractivity contribution is 5.77. The summed E-state index contributed by atoms with van der Waals surface area (Å²) in [5.74, 6) is -0.594. The van der Waals surface area contributed by atoms with Gasteiger partial charge in [-0.2, -0.15) is 0 Å². The fourth-order valence-corrected chi connectivity index (χ4v) is 2.34. The van der Waals surface area contributed by atoms with Gasteiger partial charge in [-0.15, -0.1) is 0 Å². The number of hydrogen-bond acceptors (Lipinski definition) is 5. The van der Waals surface area contributed by atoms with Crippen LogP contribution in [0.5, 0.6) is 0 Å². The Labute approximate surface area is 113 Å². The van der Waals surface area contributed by atoms with E-state index in [1.165, 1.54) is 7.11 Å². The normalized spacial score (nSPS) is 27.4. The van der Waals surface area contributed by atoms with Crippen LogP contribution in [0.3, 0.4) is 0 Å². The van der Waals surface area contributed by atoms with Crippen LogP contribution in [0.2, 0.25) is 0 Å². The van der Waals surface area contributed by atoms with Gasteiger partial charge in [-0.1, -0.05) is 6.92 Å². The molecular formula is C13H23NO5. The number of carbonyl (C=O) groups excluding carboxylic acids is 2. The highest BCUT2D eigenvalue weighted by Gasteiger charge is 2.56. The third-order valence-corrected chi connectivity index (χ3v) is 3.28. The molecule has 0 aliphatic heterocycles. The summed E-state index contributed by atoms with van der Waals surface area (Å²) in [6, 6.07) is -0.492. The summed E-state index contributed by atoms with van der Waals surface area (Å²) in [7, 11) is 1.33. The Morgan fingerprint density at radius 3 is 2.37 bits per heavy atom. The number of carbonyl (C=O) groups is 2. The van der Waals surface area contributed by atoms with Crippen LogP contribution in [0.15, 0.2) is 0 Å². The lowest BCUT2D eigenvalue weighted by atomic mass is 10.1. The summed E-state index contributed by atoms with van der Waals surface area (Å²) < 4.78 is 9.82. The molecule has 4 unspecified atom stereocenters. The van der Waals surface area contributed by atoms with Crippen molar-refractivity contribution in [1.29, 1.82) is 0 Å². The third kappa shape index (κ3) is 4.09. The van der Waals surface area contributed by atoms with Crippen LogP contribution < -0.4 is 5.32 Å². The minimum atomic E-state index is -0.596. The molecule has 1 saturated carbocycles. The Balaban J connectivity index is 2.56. The molecule has 0 aromatic carbocycles. The highest BCUT2D eigenvalue weighted by Crippen LogP contribution is 2.48. The van der Waals surface area contributed by atoms with Crippen molar-refractivity contribution in [3.63, 3.8) is 0 Å². The first-order chi connectivity index (χ1) is 8.71. The minimum absolute atomic E-state index is 0.0829. The minimum Gasteiger partial charge on any atom is -0.469 e. The van der Waals surface area contributed by atoms with E-state index in [9.17, 15) is 14.7 Å². The quantitative estimate of drug-likeness (QED) is 0.744. The number of amides is 1. The zero-order valence-electron chi connectivity index (χ0n) is 12.1. The predicted molar refractivity (Wildman–Crippen MR) is 68.4 cm³/mol. The number of ether oxygens (including phenoxy) is 2. The molecule has 0 spiro atoms. The zero-order valence-corrected chi connectivity index (χ0v) is 12.1. The second-order valence-corrected chi connectivity index (χ2v) is 5.92. The molecule has 19 heavy (non-hydrogen) atoms. The summed E-state index contributed by atoms with van der Waals surface area (Å²) >= 11 is 0. The molecule has 110 valence electrons. The third-order valence-electron chi connectivity index (χ3n) is 3.28. The standard InChI is InChI=1S/C13H23NO5/c1-7-9(10(7)11(16)18-5)8(6-15)14-12(17)19-13(2,3)4/h7-10,15H,6H2,1-5H3,(H,14,17). The van der Waals surface area contributed by atoms with Gasteiger partial charge >= 0.3 is 12.1 Å². The lowest BCUT2D eigenvalue weighted by Crippen LogP contribution is -2.43. The first-order valence-electron chi connectivity index (χ1n) is 6.39. The Morgan fingerprint density at radius 1 is 1.37 bits per heavy atom. The number of alkyl carbamates (subject to hydrolysis) is 1. The van der Waals surface area contributed by atoms with Gasteiger partial charge in [0.05, 0.1) is 25.7 Å². The van der Waals surface area contributed by atoms with Gasteiger partial charge in [0.2, 0.25) is 0 Å². The molecule has 1 aliphatic carbocycles. The number of aliphatic hydroxyl groups excluding tert-OH is 1. The van der Waals surface area contributed by atoms with Crippen LogP contribution in [-0.2, 0) is 14.3 Å². The van der Waals surface area contributed by atoms with Crippen molar-refractivity contribution in [1.82, 2.24) is 5.32 Å². The maximum atomic E-state index is 11.7. The van der Waals surface area contributed by atoms with Crippen molar-refractivity contribution in [2.24, 2.45) is 17.8 Å². The van der Waals surface area contributed by atoms with Gasteiger partial charge in [-0.05, 0) is 32.6 Å². The lowest BCUT2D eigenvalue weighted by Gasteiger charge is -2.23. The smallest absolute Gasteiger partial charge is 0.407 e. The average Bonchev–Trinajstić information content (AvgIpc) is 2.94. The fourth-order valence-electron chi connectivity index (χ4n) is 2.34. The number of esters is 1. The van der Waals surface area contributed by atoms with Crippen LogP contribution in [0.1, 0.15) is 27.7 Å². The van der Waals surface area contributed by atoms with Crippen LogP contribution in [-0.4, -0.2) is 42.5 Å². The highest BCUT2D eigenvalue weighted by atomic mass is 16.6. The molecule has 0 heterocycles. The monoisotopic (exact) mass is 273 g/mol. The van der Waals surface area contributed by atoms with E-state index in [2.05, 4.69) is 5.32 Å². The molecule has 1 fully saturated rings. The Hall–Kier alpha value is -1.30. The molecule has 0 aromatic rings. The summed E-state index contributed by atoms with van der Waals surface area (Å²) in [5, 5.41) is 12.0. The largest absolute Gasteiger partial charge is 0.469 e. The Kier molecular flexibility index (Phi) is 4.79. The summed E-state index contributed by atoms with van der Waals surface area (Å²) in [6.45, 7) is 6.94. The van der Waals surface area contributed by atoms with E-state index in [0.717, 1.165) is 0 Å². The van der Waals surface area contributed by atoms with Gasteiger partial charge in [0.1, 0.15) is 5.60 Å². The van der Waals surface area contributed by atoms with E-state index in [4.69, 9.17) is 9.47 Å². The first-order valence-corrected chi connectivity index (χ1v) is 6.39. The SMILES string of the molecule is COC(=O)C1C(C)C1C(CO)NC(=O)OC(C)(C)C. The zero-order chi connectivity index (χ0) is 14.8. The molecule has 6 nitrogen and oxygen atoms in total. The van der Waals surface area contributed by atoms with Gasteiger partial charge in [0, 0.05) is 0 Å². The topological polar surface area (TPSA) is 84.9 Å². The average molecular weight is 273 g/mol. The van der Waals surface area contributed by atoms with Gasteiger partial charge in [-0.25, -0.2) is 4.79 Å². The van der Waals surface area contributed by atoms with E-state index in [-0.39, 0.29) is 30.3 Å². The van der Waals surface area contributed by atoms with E-state index in [1.54, 1.807) is 20.8 Å². The van der Waals surface area contributed by atoms with Crippen molar-refractivity contribution in [3.8, 4) is 0 Å². The molecular weight excluding hydrogens is 250 g/mol. The predicted octanol–water partition coefficient (Wildman–Crippen LogP) is 0.927. The van der Waals surface area contributed by atoms with Gasteiger partial charge in [0.15, 0.2) is 0 Å². The van der Waals surface area contributed by atoms with Gasteiger partial charge < -0.3 is 19.9 Å². The van der Waals surface area contributed by atoms with Crippen LogP contribution in [0.4, 0.5) is 4.79 Å². The van der Waals surface area contributed by atoms with Crippen molar-refractivity contribution in [2.75, 3.05) is 13.7 Å². The molecule has 1 rings (SSSR count). The van der Waals surface area contributed by atoms with E-state index < -0.39 is 17.7 Å². The van der Waals surface area contributed by atoms with Crippen LogP contribution in [0.25, 0.3) is 0 Å².